The molecule has 1 atom stereocenters. The highest BCUT2D eigenvalue weighted by Gasteiger charge is 2.13. The first-order valence-corrected chi connectivity index (χ1v) is 6.35. The lowest BCUT2D eigenvalue weighted by atomic mass is 10.4. The SMILES string of the molecule is CCCNc1nc(OC(C)COC)c2[nH]cnc2n1. The number of hydrogen-bond donors (Lipinski definition) is 2. The van der Waals surface area contributed by atoms with Crippen molar-refractivity contribution >= 4 is 17.1 Å². The number of nitrogens with zero attached hydrogens (tertiary/aromatic N) is 3. The monoisotopic (exact) mass is 265 g/mol. The highest BCUT2D eigenvalue weighted by molar-refractivity contribution is 5.76. The first-order valence-electron chi connectivity index (χ1n) is 6.35. The smallest absolute Gasteiger partial charge is 0.245 e. The van der Waals surface area contributed by atoms with Crippen LogP contribution in [0.1, 0.15) is 20.3 Å². The molecular weight excluding hydrogens is 246 g/mol. The molecule has 2 rings (SSSR count). The summed E-state index contributed by atoms with van der Waals surface area (Å²) in [5.41, 5.74) is 1.29. The number of aromatic nitrogens is 4. The molecular formula is C12H19N5O2. The molecule has 0 saturated carbocycles. The fourth-order valence-electron chi connectivity index (χ4n) is 1.67. The fraction of sp³-hybridized carbons (Fsp3) is 0.583. The number of methoxy groups -OCH3 is 1. The molecule has 104 valence electrons. The van der Waals surface area contributed by atoms with E-state index in [9.17, 15) is 0 Å². The normalized spacial score (nSPS) is 12.6. The van der Waals surface area contributed by atoms with E-state index in [4.69, 9.17) is 9.47 Å². The van der Waals surface area contributed by atoms with Gasteiger partial charge in [-0.3, -0.25) is 0 Å². The standard InChI is InChI=1S/C12H19N5O2/c1-4-5-13-12-16-10-9(14-7-15-10)11(17-12)19-8(2)6-18-3/h7-8H,4-6H2,1-3H3,(H2,13,14,15,16,17). The minimum atomic E-state index is -0.0922. The number of aromatic amines is 1. The van der Waals surface area contributed by atoms with Gasteiger partial charge in [-0.25, -0.2) is 4.98 Å². The Hall–Kier alpha value is -1.89. The largest absolute Gasteiger partial charge is 0.471 e. The molecule has 0 fully saturated rings. The van der Waals surface area contributed by atoms with Crippen LogP contribution < -0.4 is 10.1 Å². The third-order valence-corrected chi connectivity index (χ3v) is 2.50. The van der Waals surface area contributed by atoms with Crippen LogP contribution in [-0.2, 0) is 4.74 Å². The quantitative estimate of drug-likeness (QED) is 0.790. The van der Waals surface area contributed by atoms with Gasteiger partial charge in [0.2, 0.25) is 11.8 Å². The number of fused-ring (bicyclic) bond motifs is 1. The van der Waals surface area contributed by atoms with Crippen LogP contribution in [0.5, 0.6) is 5.88 Å². The second kappa shape index (κ2) is 6.33. The maximum absolute atomic E-state index is 5.76. The van der Waals surface area contributed by atoms with E-state index >= 15 is 0 Å². The lowest BCUT2D eigenvalue weighted by Gasteiger charge is -2.14. The van der Waals surface area contributed by atoms with E-state index in [0.29, 0.717) is 29.6 Å². The third-order valence-electron chi connectivity index (χ3n) is 2.50. The lowest BCUT2D eigenvalue weighted by molar-refractivity contribution is 0.0900. The molecule has 0 aliphatic carbocycles. The Kier molecular flexibility index (Phi) is 4.51. The zero-order chi connectivity index (χ0) is 13.7. The van der Waals surface area contributed by atoms with Crippen molar-refractivity contribution in [3.63, 3.8) is 0 Å². The van der Waals surface area contributed by atoms with Crippen molar-refractivity contribution < 1.29 is 9.47 Å². The Morgan fingerprint density at radius 1 is 1.42 bits per heavy atom. The maximum Gasteiger partial charge on any atom is 0.245 e. The predicted molar refractivity (Wildman–Crippen MR) is 72.4 cm³/mol. The summed E-state index contributed by atoms with van der Waals surface area (Å²) in [6.45, 7) is 5.31. The zero-order valence-corrected chi connectivity index (χ0v) is 11.4. The molecule has 0 aromatic carbocycles. The second-order valence-corrected chi connectivity index (χ2v) is 4.26. The molecule has 7 heteroatoms. The van der Waals surface area contributed by atoms with Crippen LogP contribution in [-0.4, -0.2) is 46.3 Å². The van der Waals surface area contributed by atoms with Crippen molar-refractivity contribution in [2.45, 2.75) is 26.4 Å². The van der Waals surface area contributed by atoms with E-state index < -0.39 is 0 Å². The van der Waals surface area contributed by atoms with Gasteiger partial charge < -0.3 is 19.8 Å². The van der Waals surface area contributed by atoms with Crippen LogP contribution in [0.25, 0.3) is 11.2 Å². The summed E-state index contributed by atoms with van der Waals surface area (Å²) in [4.78, 5) is 15.8. The molecule has 0 aliphatic rings. The summed E-state index contributed by atoms with van der Waals surface area (Å²) >= 11 is 0. The minimum absolute atomic E-state index is 0.0922. The summed E-state index contributed by atoms with van der Waals surface area (Å²) in [6, 6.07) is 0. The predicted octanol–water partition coefficient (Wildman–Crippen LogP) is 1.59. The Morgan fingerprint density at radius 2 is 2.26 bits per heavy atom. The maximum atomic E-state index is 5.76. The Bertz CT molecular complexity index is 528. The van der Waals surface area contributed by atoms with Crippen molar-refractivity contribution in [1.29, 1.82) is 0 Å². The Morgan fingerprint density at radius 3 is 3.00 bits per heavy atom. The summed E-state index contributed by atoms with van der Waals surface area (Å²) in [5, 5.41) is 3.13. The summed E-state index contributed by atoms with van der Waals surface area (Å²) in [7, 11) is 1.64. The topological polar surface area (TPSA) is 85.0 Å². The van der Waals surface area contributed by atoms with Crippen molar-refractivity contribution in [2.24, 2.45) is 0 Å². The van der Waals surface area contributed by atoms with E-state index in [-0.39, 0.29) is 6.10 Å². The molecule has 2 N–H and O–H groups in total. The van der Waals surface area contributed by atoms with E-state index in [1.807, 2.05) is 6.92 Å². The molecule has 7 nitrogen and oxygen atoms in total. The molecule has 0 bridgehead atoms. The van der Waals surface area contributed by atoms with Gasteiger partial charge in [0, 0.05) is 13.7 Å². The first-order chi connectivity index (χ1) is 9.24. The highest BCUT2D eigenvalue weighted by Crippen LogP contribution is 2.21. The average molecular weight is 265 g/mol. The van der Waals surface area contributed by atoms with Gasteiger partial charge in [0.1, 0.15) is 11.6 Å². The van der Waals surface area contributed by atoms with Gasteiger partial charge in [0.25, 0.3) is 0 Å². The third kappa shape index (κ3) is 3.31. The summed E-state index contributed by atoms with van der Waals surface area (Å²) < 4.78 is 10.8. The number of hydrogen-bond acceptors (Lipinski definition) is 6. The van der Waals surface area contributed by atoms with Gasteiger partial charge in [-0.2, -0.15) is 9.97 Å². The van der Waals surface area contributed by atoms with Crippen LogP contribution in [0.2, 0.25) is 0 Å². The van der Waals surface area contributed by atoms with Gasteiger partial charge in [-0.1, -0.05) is 6.92 Å². The molecule has 1 unspecified atom stereocenters. The Balaban J connectivity index is 2.25. The molecule has 2 aromatic rings. The van der Waals surface area contributed by atoms with E-state index in [0.717, 1.165) is 13.0 Å². The fourth-order valence-corrected chi connectivity index (χ4v) is 1.67. The van der Waals surface area contributed by atoms with Crippen molar-refractivity contribution in [3.05, 3.63) is 6.33 Å². The molecule has 19 heavy (non-hydrogen) atoms. The van der Waals surface area contributed by atoms with Crippen LogP contribution in [0.15, 0.2) is 6.33 Å². The zero-order valence-electron chi connectivity index (χ0n) is 11.4. The summed E-state index contributed by atoms with van der Waals surface area (Å²) in [5.74, 6) is 1.02. The van der Waals surface area contributed by atoms with Crippen molar-refractivity contribution in [2.75, 3.05) is 25.6 Å². The van der Waals surface area contributed by atoms with Crippen LogP contribution >= 0.6 is 0 Å². The highest BCUT2D eigenvalue weighted by atomic mass is 16.5. The first kappa shape index (κ1) is 13.5. The van der Waals surface area contributed by atoms with E-state index in [1.54, 1.807) is 13.4 Å². The van der Waals surface area contributed by atoms with Gasteiger partial charge in [0.05, 0.1) is 12.9 Å². The van der Waals surface area contributed by atoms with Crippen molar-refractivity contribution in [1.82, 2.24) is 19.9 Å². The average Bonchev–Trinajstić information content (AvgIpc) is 2.85. The molecule has 0 amide bonds. The number of imidazole rings is 1. The number of rotatable bonds is 7. The van der Waals surface area contributed by atoms with Crippen molar-refractivity contribution in [3.8, 4) is 5.88 Å². The molecule has 0 saturated heterocycles. The van der Waals surface area contributed by atoms with Gasteiger partial charge in [-0.05, 0) is 13.3 Å². The second-order valence-electron chi connectivity index (χ2n) is 4.26. The number of nitrogens with one attached hydrogen (secondary N) is 2. The van der Waals surface area contributed by atoms with Crippen LogP contribution in [0, 0.1) is 0 Å². The number of ether oxygens (including phenoxy) is 2. The molecule has 2 heterocycles. The van der Waals surface area contributed by atoms with Gasteiger partial charge >= 0.3 is 0 Å². The lowest BCUT2D eigenvalue weighted by Crippen LogP contribution is -2.19. The van der Waals surface area contributed by atoms with Gasteiger partial charge in [0.15, 0.2) is 5.65 Å². The number of H-pyrrole nitrogens is 1. The molecule has 0 spiro atoms. The molecule has 0 radical (unpaired) electrons. The van der Waals surface area contributed by atoms with Crippen LogP contribution in [0.3, 0.4) is 0 Å². The Labute approximate surface area is 111 Å². The summed E-state index contributed by atoms with van der Waals surface area (Å²) in [6.07, 6.45) is 2.49. The van der Waals surface area contributed by atoms with E-state index in [1.165, 1.54) is 0 Å². The minimum Gasteiger partial charge on any atom is -0.471 e. The van der Waals surface area contributed by atoms with E-state index in [2.05, 4.69) is 32.2 Å². The number of anilines is 1. The molecule has 2 aromatic heterocycles. The molecule has 0 aliphatic heterocycles. The van der Waals surface area contributed by atoms with Gasteiger partial charge in [-0.15, -0.1) is 0 Å². The van der Waals surface area contributed by atoms with Crippen LogP contribution in [0.4, 0.5) is 5.95 Å².